The Bertz CT molecular complexity index is 640. The van der Waals surface area contributed by atoms with E-state index in [4.69, 9.17) is 15.3 Å². The van der Waals surface area contributed by atoms with Crippen LogP contribution >= 0.6 is 0 Å². The van der Waals surface area contributed by atoms with Crippen LogP contribution < -0.4 is 0 Å². The molecule has 124 valence electrons. The number of aromatic hydroxyl groups is 3. The van der Waals surface area contributed by atoms with Gasteiger partial charge in [0.15, 0.2) is 0 Å². The number of phenolic OH excluding ortho intramolecular Hbond substituents is 3. The van der Waals surface area contributed by atoms with E-state index in [1.165, 1.54) is 5.56 Å². The lowest BCUT2D eigenvalue weighted by Gasteiger charge is -1.94. The van der Waals surface area contributed by atoms with Gasteiger partial charge in [-0.2, -0.15) is 0 Å². The third kappa shape index (κ3) is 8.95. The number of para-hydroxylation sites is 2. The number of hydrogen-bond donors (Lipinski definition) is 3. The van der Waals surface area contributed by atoms with Crippen LogP contribution in [0.25, 0.3) is 0 Å². The molecule has 0 spiro atoms. The first-order valence-electron chi connectivity index (χ1n) is 7.48. The Balaban J connectivity index is 0.000000185. The van der Waals surface area contributed by atoms with Crippen molar-refractivity contribution in [3.8, 4) is 17.2 Å². The molecule has 0 aromatic heterocycles. The van der Waals surface area contributed by atoms with Gasteiger partial charge in [0.1, 0.15) is 17.2 Å². The van der Waals surface area contributed by atoms with Gasteiger partial charge in [-0.1, -0.05) is 54.6 Å². The second-order valence-corrected chi connectivity index (χ2v) is 4.83. The van der Waals surface area contributed by atoms with Crippen molar-refractivity contribution < 1.29 is 15.3 Å². The summed E-state index contributed by atoms with van der Waals surface area (Å²) in [5.74, 6) is 0.956. The van der Waals surface area contributed by atoms with E-state index in [2.05, 4.69) is 6.58 Å². The maximum Gasteiger partial charge on any atom is 0.115 e. The summed E-state index contributed by atoms with van der Waals surface area (Å²) < 4.78 is 0. The van der Waals surface area contributed by atoms with Gasteiger partial charge in [0, 0.05) is 0 Å². The predicted octanol–water partition coefficient (Wildman–Crippen LogP) is 4.91. The average molecular weight is 322 g/mol. The monoisotopic (exact) mass is 322 g/mol. The third-order valence-electron chi connectivity index (χ3n) is 2.83. The number of benzene rings is 3. The van der Waals surface area contributed by atoms with E-state index < -0.39 is 0 Å². The van der Waals surface area contributed by atoms with Gasteiger partial charge in [-0.15, -0.1) is 6.58 Å². The molecule has 0 aliphatic heterocycles. The van der Waals surface area contributed by atoms with E-state index in [9.17, 15) is 0 Å². The van der Waals surface area contributed by atoms with Gasteiger partial charge in [-0.25, -0.2) is 0 Å². The smallest absolute Gasteiger partial charge is 0.115 e. The van der Waals surface area contributed by atoms with Gasteiger partial charge in [0.25, 0.3) is 0 Å². The van der Waals surface area contributed by atoms with Gasteiger partial charge < -0.3 is 15.3 Å². The molecule has 0 atom stereocenters. The molecule has 3 aromatic rings. The lowest BCUT2D eigenvalue weighted by molar-refractivity contribution is 0.474. The fraction of sp³-hybridized carbons (Fsp3) is 0.0476. The van der Waals surface area contributed by atoms with Gasteiger partial charge in [-0.05, 0) is 48.4 Å². The normalized spacial score (nSPS) is 8.83. The third-order valence-corrected chi connectivity index (χ3v) is 2.83. The lowest BCUT2D eigenvalue weighted by atomic mass is 10.1. The second kappa shape index (κ2) is 11.4. The molecule has 3 rings (SSSR count). The van der Waals surface area contributed by atoms with E-state index in [1.54, 1.807) is 60.7 Å². The van der Waals surface area contributed by atoms with Crippen molar-refractivity contribution in [1.82, 2.24) is 0 Å². The van der Waals surface area contributed by atoms with Crippen LogP contribution in [0.3, 0.4) is 0 Å². The fourth-order valence-electron chi connectivity index (χ4n) is 1.65. The Labute approximate surface area is 142 Å². The second-order valence-electron chi connectivity index (χ2n) is 4.83. The van der Waals surface area contributed by atoms with Crippen LogP contribution in [0.5, 0.6) is 17.2 Å². The zero-order valence-electron chi connectivity index (χ0n) is 13.4. The highest BCUT2D eigenvalue weighted by molar-refractivity contribution is 5.26. The van der Waals surface area contributed by atoms with E-state index in [1.807, 2.05) is 30.3 Å². The van der Waals surface area contributed by atoms with Crippen LogP contribution in [0.15, 0.2) is 97.6 Å². The quantitative estimate of drug-likeness (QED) is 0.588. The molecule has 0 aliphatic rings. The molecule has 0 unspecified atom stereocenters. The average Bonchev–Trinajstić information content (AvgIpc) is 2.60. The minimum Gasteiger partial charge on any atom is -0.508 e. The first kappa shape index (κ1) is 18.8. The predicted molar refractivity (Wildman–Crippen MR) is 98.2 cm³/mol. The Hall–Kier alpha value is -3.20. The molecule has 0 fully saturated rings. The lowest BCUT2D eigenvalue weighted by Crippen LogP contribution is -1.77. The van der Waals surface area contributed by atoms with Crippen molar-refractivity contribution in [2.24, 2.45) is 0 Å². The molecule has 0 heterocycles. The van der Waals surface area contributed by atoms with Gasteiger partial charge in [-0.3, -0.25) is 0 Å². The number of rotatable bonds is 2. The summed E-state index contributed by atoms with van der Waals surface area (Å²) in [4.78, 5) is 0. The molecule has 3 nitrogen and oxygen atoms in total. The fourth-order valence-corrected chi connectivity index (χ4v) is 1.65. The molecule has 0 bridgehead atoms. The molecule has 3 heteroatoms. The molecule has 0 aliphatic carbocycles. The SMILES string of the molecule is C=CCc1ccc(O)cc1.Oc1ccccc1.Oc1ccccc1. The Morgan fingerprint density at radius 2 is 0.958 bits per heavy atom. The van der Waals surface area contributed by atoms with E-state index in [-0.39, 0.29) is 0 Å². The number of phenols is 3. The molecule has 24 heavy (non-hydrogen) atoms. The number of allylic oxidation sites excluding steroid dienone is 1. The van der Waals surface area contributed by atoms with Crippen molar-refractivity contribution in [3.63, 3.8) is 0 Å². The summed E-state index contributed by atoms with van der Waals surface area (Å²) in [6, 6.07) is 24.6. The van der Waals surface area contributed by atoms with Crippen LogP contribution in [0.2, 0.25) is 0 Å². The molecule has 0 amide bonds. The van der Waals surface area contributed by atoms with Crippen LogP contribution in [0.4, 0.5) is 0 Å². The van der Waals surface area contributed by atoms with Gasteiger partial charge >= 0.3 is 0 Å². The molecule has 0 saturated carbocycles. The van der Waals surface area contributed by atoms with Crippen LogP contribution in [0, 0.1) is 0 Å². The van der Waals surface area contributed by atoms with Crippen molar-refractivity contribution in [3.05, 3.63) is 103 Å². The minimum atomic E-state index is 0.313. The summed E-state index contributed by atoms with van der Waals surface area (Å²) in [6.45, 7) is 3.62. The largest absolute Gasteiger partial charge is 0.508 e. The highest BCUT2D eigenvalue weighted by Gasteiger charge is 1.87. The molecule has 3 aromatic carbocycles. The Kier molecular flexibility index (Phi) is 8.94. The summed E-state index contributed by atoms with van der Waals surface area (Å²) in [5.41, 5.74) is 1.17. The summed E-state index contributed by atoms with van der Waals surface area (Å²) in [5, 5.41) is 26.2. The van der Waals surface area contributed by atoms with Crippen molar-refractivity contribution in [2.75, 3.05) is 0 Å². The van der Waals surface area contributed by atoms with Crippen molar-refractivity contribution >= 4 is 0 Å². The van der Waals surface area contributed by atoms with Crippen LogP contribution in [-0.4, -0.2) is 15.3 Å². The molecule has 0 saturated heterocycles. The summed E-state index contributed by atoms with van der Waals surface area (Å²) >= 11 is 0. The van der Waals surface area contributed by atoms with Crippen molar-refractivity contribution in [1.29, 1.82) is 0 Å². The summed E-state index contributed by atoms with van der Waals surface area (Å²) in [6.07, 6.45) is 2.70. The first-order chi connectivity index (χ1) is 11.6. The standard InChI is InChI=1S/C9H10O.2C6H6O/c1-2-3-8-4-6-9(10)7-5-8;2*7-6-4-2-1-3-5-6/h2,4-7,10H,1,3H2;2*1-5,7H. The molecular formula is C21H22O3. The zero-order chi connectivity index (χ0) is 17.6. The molecule has 3 N–H and O–H groups in total. The number of hydrogen-bond acceptors (Lipinski definition) is 3. The minimum absolute atomic E-state index is 0.313. The Morgan fingerprint density at radius 3 is 1.25 bits per heavy atom. The zero-order valence-corrected chi connectivity index (χ0v) is 13.4. The first-order valence-corrected chi connectivity index (χ1v) is 7.48. The van der Waals surface area contributed by atoms with E-state index in [0.29, 0.717) is 17.2 Å². The van der Waals surface area contributed by atoms with Gasteiger partial charge in [0.2, 0.25) is 0 Å². The molecular weight excluding hydrogens is 300 g/mol. The summed E-state index contributed by atoms with van der Waals surface area (Å²) in [7, 11) is 0. The topological polar surface area (TPSA) is 60.7 Å². The maximum atomic E-state index is 8.90. The van der Waals surface area contributed by atoms with Crippen LogP contribution in [0.1, 0.15) is 5.56 Å². The van der Waals surface area contributed by atoms with E-state index in [0.717, 1.165) is 6.42 Å². The highest BCUT2D eigenvalue weighted by atomic mass is 16.3. The van der Waals surface area contributed by atoms with Crippen LogP contribution in [-0.2, 0) is 6.42 Å². The van der Waals surface area contributed by atoms with Crippen molar-refractivity contribution in [2.45, 2.75) is 6.42 Å². The highest BCUT2D eigenvalue weighted by Crippen LogP contribution is 2.09. The molecule has 0 radical (unpaired) electrons. The van der Waals surface area contributed by atoms with Gasteiger partial charge in [0.05, 0.1) is 0 Å². The van der Waals surface area contributed by atoms with E-state index >= 15 is 0 Å². The maximum absolute atomic E-state index is 8.90. The Morgan fingerprint density at radius 1 is 0.583 bits per heavy atom.